The quantitative estimate of drug-likeness (QED) is 0.821. The van der Waals surface area contributed by atoms with E-state index >= 15 is 0 Å². The van der Waals surface area contributed by atoms with E-state index in [2.05, 4.69) is 10.6 Å². The van der Waals surface area contributed by atoms with E-state index in [4.69, 9.17) is 4.74 Å². The van der Waals surface area contributed by atoms with Crippen molar-refractivity contribution < 1.29 is 14.3 Å². The highest BCUT2D eigenvalue weighted by molar-refractivity contribution is 5.96. The summed E-state index contributed by atoms with van der Waals surface area (Å²) in [7, 11) is 1.56. The monoisotopic (exact) mass is 367 g/mol. The molecule has 0 aliphatic carbocycles. The second-order valence-electron chi connectivity index (χ2n) is 6.54. The molecule has 0 aromatic heterocycles. The molecule has 2 aromatic carbocycles. The molecule has 1 aliphatic heterocycles. The molecule has 1 aliphatic rings. The van der Waals surface area contributed by atoms with E-state index < -0.39 is 0 Å². The molecule has 2 amide bonds. The number of rotatable bonds is 6. The second kappa shape index (κ2) is 9.07. The SMILES string of the molecule is COc1ccccc1NC(=O)CNc1cccc(C(=O)N2CCCCC2)c1. The lowest BCUT2D eigenvalue weighted by Crippen LogP contribution is -2.35. The molecule has 0 radical (unpaired) electrons. The first kappa shape index (κ1) is 18.8. The Morgan fingerprint density at radius 1 is 1.04 bits per heavy atom. The van der Waals surface area contributed by atoms with Crippen LogP contribution in [0.4, 0.5) is 11.4 Å². The van der Waals surface area contributed by atoms with Gasteiger partial charge in [-0.3, -0.25) is 9.59 Å². The van der Waals surface area contributed by atoms with Crippen LogP contribution in [0.15, 0.2) is 48.5 Å². The fourth-order valence-electron chi connectivity index (χ4n) is 3.17. The Labute approximate surface area is 159 Å². The molecule has 1 fully saturated rings. The van der Waals surface area contributed by atoms with Gasteiger partial charge in [0.25, 0.3) is 5.91 Å². The summed E-state index contributed by atoms with van der Waals surface area (Å²) in [5.41, 5.74) is 2.01. The third-order valence-corrected chi connectivity index (χ3v) is 4.59. The number of benzene rings is 2. The van der Waals surface area contributed by atoms with Crippen molar-refractivity contribution in [1.29, 1.82) is 0 Å². The van der Waals surface area contributed by atoms with Gasteiger partial charge in [0.05, 0.1) is 19.3 Å². The molecule has 2 aromatic rings. The zero-order valence-electron chi connectivity index (χ0n) is 15.5. The van der Waals surface area contributed by atoms with Crippen molar-refractivity contribution in [3.8, 4) is 5.75 Å². The summed E-state index contributed by atoms with van der Waals surface area (Å²) >= 11 is 0. The van der Waals surface area contributed by atoms with Crippen LogP contribution in [0.1, 0.15) is 29.6 Å². The third kappa shape index (κ3) is 5.00. The molecule has 0 atom stereocenters. The number of methoxy groups -OCH3 is 1. The van der Waals surface area contributed by atoms with E-state index in [9.17, 15) is 9.59 Å². The van der Waals surface area contributed by atoms with Gasteiger partial charge in [-0.25, -0.2) is 0 Å². The van der Waals surface area contributed by atoms with Gasteiger partial charge in [-0.05, 0) is 49.6 Å². The highest BCUT2D eigenvalue weighted by atomic mass is 16.5. The fourth-order valence-corrected chi connectivity index (χ4v) is 3.17. The van der Waals surface area contributed by atoms with E-state index in [0.29, 0.717) is 17.0 Å². The Balaban J connectivity index is 1.58. The van der Waals surface area contributed by atoms with Crippen LogP contribution in [0.25, 0.3) is 0 Å². The van der Waals surface area contributed by atoms with Crippen LogP contribution in [-0.2, 0) is 4.79 Å². The maximum absolute atomic E-state index is 12.6. The Kier molecular flexibility index (Phi) is 6.30. The van der Waals surface area contributed by atoms with Crippen LogP contribution in [0.3, 0.4) is 0 Å². The maximum Gasteiger partial charge on any atom is 0.253 e. The van der Waals surface area contributed by atoms with Crippen LogP contribution in [0.2, 0.25) is 0 Å². The molecular weight excluding hydrogens is 342 g/mol. The lowest BCUT2D eigenvalue weighted by molar-refractivity contribution is -0.114. The van der Waals surface area contributed by atoms with Gasteiger partial charge >= 0.3 is 0 Å². The number of nitrogens with one attached hydrogen (secondary N) is 2. The van der Waals surface area contributed by atoms with Crippen molar-refractivity contribution >= 4 is 23.2 Å². The molecule has 0 unspecified atom stereocenters. The van der Waals surface area contributed by atoms with E-state index in [-0.39, 0.29) is 18.4 Å². The van der Waals surface area contributed by atoms with Gasteiger partial charge in [0.2, 0.25) is 5.91 Å². The van der Waals surface area contributed by atoms with Crippen molar-refractivity contribution in [3.05, 3.63) is 54.1 Å². The van der Waals surface area contributed by atoms with Gasteiger partial charge in [-0.2, -0.15) is 0 Å². The van der Waals surface area contributed by atoms with Crippen molar-refractivity contribution in [3.63, 3.8) is 0 Å². The van der Waals surface area contributed by atoms with Crippen LogP contribution in [-0.4, -0.2) is 43.5 Å². The summed E-state index contributed by atoms with van der Waals surface area (Å²) < 4.78 is 5.23. The minimum absolute atomic E-state index is 0.0526. The number of carbonyl (C=O) groups excluding carboxylic acids is 2. The second-order valence-corrected chi connectivity index (χ2v) is 6.54. The van der Waals surface area contributed by atoms with E-state index in [0.717, 1.165) is 31.6 Å². The van der Waals surface area contributed by atoms with Crippen molar-refractivity contribution in [2.24, 2.45) is 0 Å². The molecule has 0 spiro atoms. The lowest BCUT2D eigenvalue weighted by atomic mass is 10.1. The van der Waals surface area contributed by atoms with Gasteiger partial charge in [0, 0.05) is 24.3 Å². The number of carbonyl (C=O) groups is 2. The van der Waals surface area contributed by atoms with Crippen LogP contribution in [0.5, 0.6) is 5.75 Å². The predicted molar refractivity (Wildman–Crippen MR) is 106 cm³/mol. The van der Waals surface area contributed by atoms with Crippen molar-refractivity contribution in [1.82, 2.24) is 4.90 Å². The number of anilines is 2. The fraction of sp³-hybridized carbons (Fsp3) is 0.333. The number of amides is 2. The third-order valence-electron chi connectivity index (χ3n) is 4.59. The largest absolute Gasteiger partial charge is 0.495 e. The predicted octanol–water partition coefficient (Wildman–Crippen LogP) is 3.37. The van der Waals surface area contributed by atoms with Crippen LogP contribution < -0.4 is 15.4 Å². The maximum atomic E-state index is 12.6. The number of nitrogens with zero attached hydrogens (tertiary/aromatic N) is 1. The molecular formula is C21H25N3O3. The summed E-state index contributed by atoms with van der Waals surface area (Å²) in [5, 5.41) is 5.90. The van der Waals surface area contributed by atoms with E-state index in [1.807, 2.05) is 35.2 Å². The first-order chi connectivity index (χ1) is 13.2. The summed E-state index contributed by atoms with van der Waals surface area (Å²) in [6.07, 6.45) is 3.31. The lowest BCUT2D eigenvalue weighted by Gasteiger charge is -2.26. The number of likely N-dealkylation sites (tertiary alicyclic amines) is 1. The van der Waals surface area contributed by atoms with Gasteiger partial charge < -0.3 is 20.3 Å². The zero-order valence-corrected chi connectivity index (χ0v) is 15.5. The van der Waals surface area contributed by atoms with E-state index in [1.54, 1.807) is 25.3 Å². The van der Waals surface area contributed by atoms with Crippen LogP contribution >= 0.6 is 0 Å². The first-order valence-corrected chi connectivity index (χ1v) is 9.23. The number of hydrogen-bond acceptors (Lipinski definition) is 4. The Morgan fingerprint density at radius 2 is 1.81 bits per heavy atom. The molecule has 2 N–H and O–H groups in total. The molecule has 27 heavy (non-hydrogen) atoms. The summed E-state index contributed by atoms with van der Waals surface area (Å²) in [5.74, 6) is 0.476. The zero-order chi connectivity index (χ0) is 19.1. The van der Waals surface area contributed by atoms with Gasteiger partial charge in [0.1, 0.15) is 5.75 Å². The Hall–Kier alpha value is -3.02. The van der Waals surface area contributed by atoms with Gasteiger partial charge in [-0.15, -0.1) is 0 Å². The van der Waals surface area contributed by atoms with Gasteiger partial charge in [-0.1, -0.05) is 18.2 Å². The average Bonchev–Trinajstić information content (AvgIpc) is 2.73. The standard InChI is InChI=1S/C21H25N3O3/c1-27-19-11-4-3-10-18(19)23-20(25)15-22-17-9-7-8-16(14-17)21(26)24-12-5-2-6-13-24/h3-4,7-11,14,22H,2,5-6,12-13,15H2,1H3,(H,23,25). The summed E-state index contributed by atoms with van der Waals surface area (Å²) in [6.45, 7) is 1.73. The molecule has 0 bridgehead atoms. The molecule has 142 valence electrons. The minimum atomic E-state index is -0.188. The number of piperidine rings is 1. The van der Waals surface area contributed by atoms with Gasteiger partial charge in [0.15, 0.2) is 0 Å². The topological polar surface area (TPSA) is 70.7 Å². The summed E-state index contributed by atoms with van der Waals surface area (Å²) in [4.78, 5) is 26.7. The smallest absolute Gasteiger partial charge is 0.253 e. The number of para-hydroxylation sites is 2. The van der Waals surface area contributed by atoms with Crippen molar-refractivity contribution in [2.45, 2.75) is 19.3 Å². The number of hydrogen-bond donors (Lipinski definition) is 2. The summed E-state index contributed by atoms with van der Waals surface area (Å²) in [6, 6.07) is 14.6. The molecule has 0 saturated carbocycles. The van der Waals surface area contributed by atoms with Crippen LogP contribution in [0, 0.1) is 0 Å². The Bertz CT molecular complexity index is 801. The molecule has 3 rings (SSSR count). The minimum Gasteiger partial charge on any atom is -0.495 e. The molecule has 1 heterocycles. The highest BCUT2D eigenvalue weighted by Gasteiger charge is 2.18. The normalized spacial score (nSPS) is 13.7. The number of ether oxygens (including phenoxy) is 1. The first-order valence-electron chi connectivity index (χ1n) is 9.23. The molecule has 1 saturated heterocycles. The molecule has 6 heteroatoms. The molecule has 6 nitrogen and oxygen atoms in total. The average molecular weight is 367 g/mol. The van der Waals surface area contributed by atoms with E-state index in [1.165, 1.54) is 6.42 Å². The van der Waals surface area contributed by atoms with Crippen molar-refractivity contribution in [2.75, 3.05) is 37.4 Å². The highest BCUT2D eigenvalue weighted by Crippen LogP contribution is 2.23. The Morgan fingerprint density at radius 3 is 2.59 bits per heavy atom.